The van der Waals surface area contributed by atoms with Crippen LogP contribution in [0.1, 0.15) is 35.4 Å². The summed E-state index contributed by atoms with van der Waals surface area (Å²) in [4.78, 5) is 0. The van der Waals surface area contributed by atoms with Gasteiger partial charge in [0.25, 0.3) is 0 Å². The molecule has 0 bridgehead atoms. The molecule has 0 aromatic heterocycles. The van der Waals surface area contributed by atoms with Gasteiger partial charge in [-0.15, -0.1) is 0 Å². The summed E-state index contributed by atoms with van der Waals surface area (Å²) in [6.45, 7) is 0. The Kier molecular flexibility index (Phi) is 6.45. The second-order valence-corrected chi connectivity index (χ2v) is 6.62. The maximum atomic E-state index is 10.7. The van der Waals surface area contributed by atoms with Crippen molar-refractivity contribution in [3.63, 3.8) is 0 Å². The zero-order valence-corrected chi connectivity index (χ0v) is 15.2. The molecule has 0 amide bonds. The van der Waals surface area contributed by atoms with Crippen LogP contribution in [0.5, 0.6) is 5.75 Å². The van der Waals surface area contributed by atoms with Crippen LogP contribution < -0.4 is 4.74 Å². The van der Waals surface area contributed by atoms with Gasteiger partial charge in [0.05, 0.1) is 13.2 Å². The van der Waals surface area contributed by atoms with E-state index in [-0.39, 0.29) is 12.0 Å². The molecule has 0 aliphatic heterocycles. The van der Waals surface area contributed by atoms with Gasteiger partial charge in [-0.25, -0.2) is 0 Å². The van der Waals surface area contributed by atoms with Crippen LogP contribution in [0.15, 0.2) is 84.9 Å². The van der Waals surface area contributed by atoms with Crippen LogP contribution >= 0.6 is 0 Å². The highest BCUT2D eigenvalue weighted by atomic mass is 16.5. The summed E-state index contributed by atoms with van der Waals surface area (Å²) in [6.07, 6.45) is 1.94. The lowest BCUT2D eigenvalue weighted by molar-refractivity contribution is 0.149. The molecular weight excluding hydrogens is 320 g/mol. The summed E-state index contributed by atoms with van der Waals surface area (Å²) in [5.74, 6) is 0.981. The number of ether oxygens (including phenoxy) is 1. The van der Waals surface area contributed by atoms with Crippen molar-refractivity contribution in [2.24, 2.45) is 0 Å². The molecule has 2 atom stereocenters. The number of benzene rings is 3. The predicted octanol–water partition coefficient (Wildman–Crippen LogP) is 5.21. The van der Waals surface area contributed by atoms with Gasteiger partial charge in [0, 0.05) is 11.5 Å². The molecule has 1 N–H and O–H groups in total. The molecule has 0 fully saturated rings. The highest BCUT2D eigenvalue weighted by Crippen LogP contribution is 2.35. The van der Waals surface area contributed by atoms with Gasteiger partial charge in [-0.3, -0.25) is 0 Å². The Morgan fingerprint density at radius 3 is 2.12 bits per heavy atom. The van der Waals surface area contributed by atoms with Crippen molar-refractivity contribution < 1.29 is 9.84 Å². The Balaban J connectivity index is 1.78. The standard InChI is InChI=1S/C24H26O2/c1-26-24-15-9-8-14-22(24)23(20-12-6-3-7-13-20)18-21(25)17-16-19-10-4-2-5-11-19/h2-15,21,23,25H,16-18H2,1H3. The van der Waals surface area contributed by atoms with E-state index in [1.54, 1.807) is 7.11 Å². The van der Waals surface area contributed by atoms with Crippen molar-refractivity contribution in [2.45, 2.75) is 31.3 Å². The number of para-hydroxylation sites is 1. The lowest BCUT2D eigenvalue weighted by atomic mass is 9.85. The summed E-state index contributed by atoms with van der Waals surface area (Å²) in [5.41, 5.74) is 3.59. The fourth-order valence-corrected chi connectivity index (χ4v) is 3.45. The molecular formula is C24H26O2. The maximum absolute atomic E-state index is 10.7. The van der Waals surface area contributed by atoms with Gasteiger partial charge in [0.15, 0.2) is 0 Å². The molecule has 0 aliphatic carbocycles. The Morgan fingerprint density at radius 2 is 1.42 bits per heavy atom. The SMILES string of the molecule is COc1ccccc1C(CC(O)CCc1ccccc1)c1ccccc1. The second kappa shape index (κ2) is 9.21. The minimum Gasteiger partial charge on any atom is -0.496 e. The number of rotatable bonds is 8. The molecule has 26 heavy (non-hydrogen) atoms. The third kappa shape index (κ3) is 4.74. The van der Waals surface area contributed by atoms with Crippen LogP contribution in [0.4, 0.5) is 0 Å². The van der Waals surface area contributed by atoms with E-state index < -0.39 is 0 Å². The molecule has 2 nitrogen and oxygen atoms in total. The van der Waals surface area contributed by atoms with Gasteiger partial charge in [0.1, 0.15) is 5.75 Å². The van der Waals surface area contributed by atoms with E-state index in [1.165, 1.54) is 11.1 Å². The second-order valence-electron chi connectivity index (χ2n) is 6.62. The maximum Gasteiger partial charge on any atom is 0.122 e. The highest BCUT2D eigenvalue weighted by Gasteiger charge is 2.21. The molecule has 0 heterocycles. The first-order chi connectivity index (χ1) is 12.8. The first-order valence-electron chi connectivity index (χ1n) is 9.17. The van der Waals surface area contributed by atoms with Crippen LogP contribution in [-0.2, 0) is 6.42 Å². The lowest BCUT2D eigenvalue weighted by Crippen LogP contribution is -2.15. The van der Waals surface area contributed by atoms with E-state index in [1.807, 2.05) is 54.6 Å². The largest absolute Gasteiger partial charge is 0.496 e. The fourth-order valence-electron chi connectivity index (χ4n) is 3.45. The first kappa shape index (κ1) is 18.2. The van der Waals surface area contributed by atoms with Crippen molar-refractivity contribution in [1.82, 2.24) is 0 Å². The molecule has 2 unspecified atom stereocenters. The Morgan fingerprint density at radius 1 is 0.808 bits per heavy atom. The zero-order valence-electron chi connectivity index (χ0n) is 15.2. The van der Waals surface area contributed by atoms with Crippen LogP contribution in [0, 0.1) is 0 Å². The average molecular weight is 346 g/mol. The quantitative estimate of drug-likeness (QED) is 0.606. The lowest BCUT2D eigenvalue weighted by Gasteiger charge is -2.23. The van der Waals surface area contributed by atoms with Crippen molar-refractivity contribution >= 4 is 0 Å². The van der Waals surface area contributed by atoms with Gasteiger partial charge in [-0.1, -0.05) is 78.9 Å². The molecule has 0 saturated carbocycles. The smallest absolute Gasteiger partial charge is 0.122 e. The number of aliphatic hydroxyl groups excluding tert-OH is 1. The fraction of sp³-hybridized carbons (Fsp3) is 0.250. The summed E-state index contributed by atoms with van der Waals surface area (Å²) in [5, 5.41) is 10.7. The Hall–Kier alpha value is -2.58. The molecule has 3 aromatic rings. The number of hydrogen-bond donors (Lipinski definition) is 1. The summed E-state index contributed by atoms with van der Waals surface area (Å²) < 4.78 is 5.58. The predicted molar refractivity (Wildman–Crippen MR) is 107 cm³/mol. The number of methoxy groups -OCH3 is 1. The molecule has 3 rings (SSSR count). The van der Waals surface area contributed by atoms with E-state index in [2.05, 4.69) is 30.3 Å². The Bertz CT molecular complexity index is 784. The molecule has 0 spiro atoms. The van der Waals surface area contributed by atoms with Gasteiger partial charge in [-0.05, 0) is 36.5 Å². The van der Waals surface area contributed by atoms with E-state index in [4.69, 9.17) is 4.74 Å². The minimum atomic E-state index is -0.370. The Labute approximate surface area is 156 Å². The molecule has 3 aromatic carbocycles. The van der Waals surface area contributed by atoms with Crippen LogP contribution in [0.2, 0.25) is 0 Å². The van der Waals surface area contributed by atoms with Gasteiger partial charge >= 0.3 is 0 Å². The number of hydrogen-bond acceptors (Lipinski definition) is 2. The van der Waals surface area contributed by atoms with Crippen molar-refractivity contribution in [2.75, 3.05) is 7.11 Å². The zero-order chi connectivity index (χ0) is 18.2. The summed E-state index contributed by atoms with van der Waals surface area (Å²) in [6, 6.07) is 28.8. The van der Waals surface area contributed by atoms with Crippen LogP contribution in [0.25, 0.3) is 0 Å². The average Bonchev–Trinajstić information content (AvgIpc) is 2.72. The van der Waals surface area contributed by atoms with Crippen molar-refractivity contribution in [3.8, 4) is 5.75 Å². The van der Waals surface area contributed by atoms with Crippen molar-refractivity contribution in [3.05, 3.63) is 102 Å². The third-order valence-electron chi connectivity index (χ3n) is 4.83. The third-order valence-corrected chi connectivity index (χ3v) is 4.83. The first-order valence-corrected chi connectivity index (χ1v) is 9.17. The van der Waals surface area contributed by atoms with Gasteiger partial charge < -0.3 is 9.84 Å². The van der Waals surface area contributed by atoms with E-state index in [9.17, 15) is 5.11 Å². The highest BCUT2D eigenvalue weighted by molar-refractivity contribution is 5.42. The van der Waals surface area contributed by atoms with E-state index in [0.29, 0.717) is 6.42 Å². The molecule has 0 aliphatic rings. The molecule has 0 radical (unpaired) electrons. The van der Waals surface area contributed by atoms with Gasteiger partial charge in [0.2, 0.25) is 0 Å². The topological polar surface area (TPSA) is 29.5 Å². The number of aliphatic hydroxyl groups is 1. The number of aryl methyl sites for hydroxylation is 1. The van der Waals surface area contributed by atoms with Crippen LogP contribution in [0.3, 0.4) is 0 Å². The monoisotopic (exact) mass is 346 g/mol. The van der Waals surface area contributed by atoms with E-state index >= 15 is 0 Å². The van der Waals surface area contributed by atoms with Gasteiger partial charge in [-0.2, -0.15) is 0 Å². The molecule has 2 heteroatoms. The summed E-state index contributed by atoms with van der Waals surface area (Å²) in [7, 11) is 1.70. The van der Waals surface area contributed by atoms with Crippen molar-refractivity contribution in [1.29, 1.82) is 0 Å². The van der Waals surface area contributed by atoms with Crippen LogP contribution in [-0.4, -0.2) is 18.3 Å². The van der Waals surface area contributed by atoms with E-state index in [0.717, 1.165) is 24.2 Å². The molecule has 134 valence electrons. The summed E-state index contributed by atoms with van der Waals surface area (Å²) >= 11 is 0. The normalized spacial score (nSPS) is 13.2. The molecule has 0 saturated heterocycles. The minimum absolute atomic E-state index is 0.109.